The highest BCUT2D eigenvalue weighted by atomic mass is 16.4. The fourth-order valence-corrected chi connectivity index (χ4v) is 0.932. The van der Waals surface area contributed by atoms with Crippen molar-refractivity contribution in [2.75, 3.05) is 0 Å². The van der Waals surface area contributed by atoms with Gasteiger partial charge in [0.15, 0.2) is 0 Å². The molecule has 1 rings (SSSR count). The summed E-state index contributed by atoms with van der Waals surface area (Å²) in [5.74, 6) is -2.21. The van der Waals surface area contributed by atoms with E-state index in [9.17, 15) is 9.59 Å². The zero-order valence-corrected chi connectivity index (χ0v) is 7.23. The molecule has 1 N–H and O–H groups in total. The van der Waals surface area contributed by atoms with Crippen molar-refractivity contribution in [1.82, 2.24) is 9.78 Å². The van der Waals surface area contributed by atoms with Crippen molar-refractivity contribution in [1.29, 1.82) is 0 Å². The van der Waals surface area contributed by atoms with E-state index in [0.29, 0.717) is 12.1 Å². The summed E-state index contributed by atoms with van der Waals surface area (Å²) in [5, 5.41) is 12.2. The summed E-state index contributed by atoms with van der Waals surface area (Å²) in [4.78, 5) is 21.0. The molecule has 0 radical (unpaired) electrons. The minimum atomic E-state index is -1.40. The maximum Gasteiger partial charge on any atom is 0.372 e. The summed E-state index contributed by atoms with van der Waals surface area (Å²) < 4.78 is 1.64. The molecule has 0 aliphatic carbocycles. The van der Waals surface area contributed by atoms with Gasteiger partial charge in [-0.1, -0.05) is 0 Å². The number of nitrogens with zero attached hydrogens (tertiary/aromatic N) is 2. The molecule has 5 nitrogen and oxygen atoms in total. The molecule has 0 spiro atoms. The number of carboxylic acids is 1. The molecular formula is C8H10N2O3. The Kier molecular flexibility index (Phi) is 2.79. The number of carbonyl (C=O) groups excluding carboxylic acids is 1. The Hall–Kier alpha value is -1.65. The Bertz CT molecular complexity index is 330. The van der Waals surface area contributed by atoms with Crippen molar-refractivity contribution >= 4 is 11.8 Å². The van der Waals surface area contributed by atoms with Crippen LogP contribution in [0.2, 0.25) is 0 Å². The fraction of sp³-hybridized carbons (Fsp3) is 0.375. The second kappa shape index (κ2) is 3.84. The molecule has 5 heteroatoms. The number of Topliss-reactive ketones (excluding diaryl/α,β-unsaturated/α-hetero) is 1. The molecule has 0 atom stereocenters. The van der Waals surface area contributed by atoms with E-state index in [1.807, 2.05) is 6.92 Å². The Morgan fingerprint density at radius 3 is 2.77 bits per heavy atom. The van der Waals surface area contributed by atoms with E-state index in [4.69, 9.17) is 5.11 Å². The molecule has 0 saturated heterocycles. The number of hydrogen-bond donors (Lipinski definition) is 1. The number of ketones is 1. The molecule has 70 valence electrons. The van der Waals surface area contributed by atoms with Crippen LogP contribution in [0.3, 0.4) is 0 Å². The number of aliphatic carboxylic acids is 1. The lowest BCUT2D eigenvalue weighted by Gasteiger charge is -1.91. The van der Waals surface area contributed by atoms with Gasteiger partial charge in [0.1, 0.15) is 0 Å². The van der Waals surface area contributed by atoms with Gasteiger partial charge in [-0.25, -0.2) is 4.79 Å². The molecule has 0 aliphatic heterocycles. The monoisotopic (exact) mass is 182 g/mol. The molecule has 1 heterocycles. The van der Waals surface area contributed by atoms with Crippen LogP contribution >= 0.6 is 0 Å². The van der Waals surface area contributed by atoms with Gasteiger partial charge in [-0.05, 0) is 12.5 Å². The Morgan fingerprint density at radius 2 is 2.31 bits per heavy atom. The van der Waals surface area contributed by atoms with E-state index >= 15 is 0 Å². The van der Waals surface area contributed by atoms with Crippen LogP contribution in [0.5, 0.6) is 0 Å². The van der Waals surface area contributed by atoms with Gasteiger partial charge in [-0.15, -0.1) is 0 Å². The number of carboxylic acid groups (broad SMARTS) is 1. The molecule has 0 bridgehead atoms. The third kappa shape index (κ3) is 2.40. The second-order valence-corrected chi connectivity index (χ2v) is 2.61. The molecule has 0 unspecified atom stereocenters. The predicted molar refractivity (Wildman–Crippen MR) is 44.2 cm³/mol. The average Bonchev–Trinajstić information content (AvgIpc) is 2.52. The Balaban J connectivity index is 2.64. The van der Waals surface area contributed by atoms with E-state index < -0.39 is 11.8 Å². The van der Waals surface area contributed by atoms with Gasteiger partial charge < -0.3 is 5.11 Å². The normalized spacial score (nSPS) is 9.92. The van der Waals surface area contributed by atoms with E-state index in [2.05, 4.69) is 5.10 Å². The topological polar surface area (TPSA) is 72.2 Å². The molecule has 1 aromatic rings. The summed E-state index contributed by atoms with van der Waals surface area (Å²) in [6, 6.07) is 0. The van der Waals surface area contributed by atoms with E-state index in [1.54, 1.807) is 10.9 Å². The van der Waals surface area contributed by atoms with Gasteiger partial charge in [-0.2, -0.15) is 5.10 Å². The minimum Gasteiger partial charge on any atom is -0.475 e. The summed E-state index contributed by atoms with van der Waals surface area (Å²) >= 11 is 0. The predicted octanol–water partition coefficient (Wildman–Crippen LogP) is 0.0992. The summed E-state index contributed by atoms with van der Waals surface area (Å²) in [5.41, 5.74) is 0.634. The van der Waals surface area contributed by atoms with Crippen molar-refractivity contribution in [3.8, 4) is 0 Å². The minimum absolute atomic E-state index is 0.0880. The summed E-state index contributed by atoms with van der Waals surface area (Å²) in [6.07, 6.45) is 3.08. The van der Waals surface area contributed by atoms with Crippen molar-refractivity contribution in [2.24, 2.45) is 0 Å². The quantitative estimate of drug-likeness (QED) is 0.670. The van der Waals surface area contributed by atoms with Gasteiger partial charge in [0.2, 0.25) is 5.78 Å². The zero-order chi connectivity index (χ0) is 9.84. The maximum absolute atomic E-state index is 10.8. The summed E-state index contributed by atoms with van der Waals surface area (Å²) in [6.45, 7) is 2.62. The molecular weight excluding hydrogens is 172 g/mol. The second-order valence-electron chi connectivity index (χ2n) is 2.61. The van der Waals surface area contributed by atoms with Gasteiger partial charge in [-0.3, -0.25) is 9.48 Å². The average molecular weight is 182 g/mol. The fourth-order valence-electron chi connectivity index (χ4n) is 0.932. The molecule has 0 saturated carbocycles. The number of aromatic nitrogens is 2. The first-order valence-corrected chi connectivity index (χ1v) is 3.91. The van der Waals surface area contributed by atoms with Crippen LogP contribution in [0.15, 0.2) is 12.4 Å². The van der Waals surface area contributed by atoms with Crippen LogP contribution in [0.1, 0.15) is 12.5 Å². The number of hydrogen-bond acceptors (Lipinski definition) is 3. The smallest absolute Gasteiger partial charge is 0.372 e. The van der Waals surface area contributed by atoms with Gasteiger partial charge in [0.25, 0.3) is 0 Å². The van der Waals surface area contributed by atoms with Gasteiger partial charge >= 0.3 is 5.97 Å². The highest BCUT2D eigenvalue weighted by Crippen LogP contribution is 1.99. The lowest BCUT2D eigenvalue weighted by molar-refractivity contribution is -0.148. The van der Waals surface area contributed by atoms with Crippen LogP contribution in [0.25, 0.3) is 0 Å². The first kappa shape index (κ1) is 9.44. The van der Waals surface area contributed by atoms with E-state index in [1.165, 1.54) is 6.20 Å². The van der Waals surface area contributed by atoms with Crippen molar-refractivity contribution < 1.29 is 14.7 Å². The van der Waals surface area contributed by atoms with Crippen molar-refractivity contribution in [2.45, 2.75) is 19.9 Å². The van der Waals surface area contributed by atoms with Crippen LogP contribution in [0, 0.1) is 0 Å². The van der Waals surface area contributed by atoms with Crippen LogP contribution in [0.4, 0.5) is 0 Å². The third-order valence-corrected chi connectivity index (χ3v) is 1.61. The molecule has 13 heavy (non-hydrogen) atoms. The molecule has 1 aromatic heterocycles. The number of rotatable bonds is 4. The van der Waals surface area contributed by atoms with Gasteiger partial charge in [0, 0.05) is 19.2 Å². The van der Waals surface area contributed by atoms with Crippen LogP contribution in [-0.4, -0.2) is 26.6 Å². The Labute approximate surface area is 75.0 Å². The van der Waals surface area contributed by atoms with E-state index in [0.717, 1.165) is 0 Å². The number of aryl methyl sites for hydroxylation is 1. The third-order valence-electron chi connectivity index (χ3n) is 1.61. The lowest BCUT2D eigenvalue weighted by Crippen LogP contribution is -2.14. The molecule has 0 aromatic carbocycles. The molecule has 0 amide bonds. The zero-order valence-electron chi connectivity index (χ0n) is 7.23. The van der Waals surface area contributed by atoms with Gasteiger partial charge in [0.05, 0.1) is 6.20 Å². The maximum atomic E-state index is 10.8. The number of carbonyl (C=O) groups is 2. The van der Waals surface area contributed by atoms with E-state index in [-0.39, 0.29) is 6.42 Å². The first-order chi connectivity index (χ1) is 6.13. The van der Waals surface area contributed by atoms with Crippen molar-refractivity contribution in [3.63, 3.8) is 0 Å². The summed E-state index contributed by atoms with van der Waals surface area (Å²) in [7, 11) is 0. The Morgan fingerprint density at radius 1 is 1.62 bits per heavy atom. The van der Waals surface area contributed by atoms with Crippen LogP contribution in [-0.2, 0) is 22.6 Å². The first-order valence-electron chi connectivity index (χ1n) is 3.91. The van der Waals surface area contributed by atoms with Crippen LogP contribution < -0.4 is 0 Å². The standard InChI is InChI=1S/C8H10N2O3/c1-2-10-5-6(4-9-10)3-7(11)8(12)13/h4-5H,2-3H2,1H3,(H,12,13). The highest BCUT2D eigenvalue weighted by Gasteiger charge is 2.12. The van der Waals surface area contributed by atoms with Crippen molar-refractivity contribution in [3.05, 3.63) is 18.0 Å². The highest BCUT2D eigenvalue weighted by molar-refractivity contribution is 6.33. The molecule has 0 fully saturated rings. The lowest BCUT2D eigenvalue weighted by atomic mass is 10.2. The largest absolute Gasteiger partial charge is 0.475 e. The SMILES string of the molecule is CCn1cc(CC(=O)C(=O)O)cn1. The molecule has 0 aliphatic rings.